The Hall–Kier alpha value is -2.77. The first kappa shape index (κ1) is 19.6. The molecule has 0 saturated carbocycles. The Labute approximate surface area is 151 Å². The van der Waals surface area contributed by atoms with E-state index < -0.39 is 11.2 Å². The number of aromatic nitrogens is 2. The van der Waals surface area contributed by atoms with Crippen molar-refractivity contribution in [3.63, 3.8) is 0 Å². The van der Waals surface area contributed by atoms with Gasteiger partial charge in [0.05, 0.1) is 5.56 Å². The van der Waals surface area contributed by atoms with Crippen LogP contribution >= 0.6 is 0 Å². The number of aryl methyl sites for hydroxylation is 2. The molecule has 0 spiro atoms. The predicted molar refractivity (Wildman–Crippen MR) is 101 cm³/mol. The maximum Gasteiger partial charge on any atom is 0.330 e. The van der Waals surface area contributed by atoms with Crippen molar-refractivity contribution in [3.8, 4) is 0 Å². The summed E-state index contributed by atoms with van der Waals surface area (Å²) >= 11 is 0. The van der Waals surface area contributed by atoms with Crippen molar-refractivity contribution in [2.24, 2.45) is 0 Å². The van der Waals surface area contributed by atoms with E-state index in [4.69, 9.17) is 10.2 Å². The number of anilines is 2. The Morgan fingerprint density at radius 2 is 1.96 bits per heavy atom. The molecule has 2 aromatic rings. The molecule has 2 aromatic heterocycles. The molecular weight excluding hydrogens is 336 g/mol. The molecule has 26 heavy (non-hydrogen) atoms. The number of hydrogen-bond donors (Lipinski definition) is 2. The molecule has 0 aliphatic carbocycles. The highest BCUT2D eigenvalue weighted by atomic mass is 16.3. The lowest BCUT2D eigenvalue weighted by Gasteiger charge is -2.24. The summed E-state index contributed by atoms with van der Waals surface area (Å²) in [6.45, 7) is 8.01. The fourth-order valence-corrected chi connectivity index (χ4v) is 2.90. The van der Waals surface area contributed by atoms with Gasteiger partial charge in [-0.2, -0.15) is 0 Å². The zero-order chi connectivity index (χ0) is 19.4. The maximum atomic E-state index is 13.1. The molecule has 3 N–H and O–H groups in total. The number of H-pyrrole nitrogens is 1. The van der Waals surface area contributed by atoms with Gasteiger partial charge in [0.25, 0.3) is 11.5 Å². The minimum Gasteiger partial charge on any atom is -0.466 e. The molecule has 2 heterocycles. The number of rotatable bonds is 7. The number of carbonyl (C=O) groups excluding carboxylic acids is 1. The molecule has 0 atom stereocenters. The lowest BCUT2D eigenvalue weighted by atomic mass is 10.2. The monoisotopic (exact) mass is 362 g/mol. The number of carbonyl (C=O) groups is 1. The smallest absolute Gasteiger partial charge is 0.330 e. The minimum atomic E-state index is -0.665. The van der Waals surface area contributed by atoms with Crippen LogP contribution < -0.4 is 21.9 Å². The van der Waals surface area contributed by atoms with Gasteiger partial charge < -0.3 is 15.1 Å². The number of nitrogens with one attached hydrogen (secondary N) is 1. The van der Waals surface area contributed by atoms with Crippen LogP contribution in [0.1, 0.15) is 55.0 Å². The summed E-state index contributed by atoms with van der Waals surface area (Å²) in [5.41, 5.74) is 5.28. The molecule has 2 rings (SSSR count). The molecule has 0 bridgehead atoms. The number of nitrogens with two attached hydrogens (primary N) is 1. The topological polar surface area (TPSA) is 114 Å². The highest BCUT2D eigenvalue weighted by molar-refractivity contribution is 6.07. The summed E-state index contributed by atoms with van der Waals surface area (Å²) in [4.78, 5) is 41.3. The lowest BCUT2D eigenvalue weighted by Crippen LogP contribution is -2.41. The third-order valence-electron chi connectivity index (χ3n) is 4.18. The predicted octanol–water partition coefficient (Wildman–Crippen LogP) is 2.19. The van der Waals surface area contributed by atoms with Crippen molar-refractivity contribution in [1.82, 2.24) is 9.55 Å². The van der Waals surface area contributed by atoms with Gasteiger partial charge in [-0.25, -0.2) is 4.79 Å². The molecule has 0 radical (unpaired) electrons. The Balaban J connectivity index is 2.62. The number of unbranched alkanes of at least 4 members (excludes halogenated alkanes) is 1. The number of nitrogens with zero attached hydrogens (tertiary/aromatic N) is 2. The first-order valence-corrected chi connectivity index (χ1v) is 8.83. The van der Waals surface area contributed by atoms with Gasteiger partial charge in [-0.05, 0) is 32.8 Å². The summed E-state index contributed by atoms with van der Waals surface area (Å²) in [6.07, 6.45) is 2.19. The minimum absolute atomic E-state index is 0.00271. The molecule has 0 aromatic carbocycles. The quantitative estimate of drug-likeness (QED) is 0.783. The van der Waals surface area contributed by atoms with Crippen LogP contribution in [0.15, 0.2) is 20.1 Å². The fourth-order valence-electron chi connectivity index (χ4n) is 2.90. The second-order valence-corrected chi connectivity index (χ2v) is 6.28. The summed E-state index contributed by atoms with van der Waals surface area (Å²) in [5, 5.41) is 0. The standard InChI is InChI=1S/C18H26N4O4/c1-5-7-9-21(17(24)13-10-11(3)26-12(13)4)14-15(19)22(8-6-2)18(25)20-16(14)23/h10H,5-9,19H2,1-4H3,(H,20,23,25). The summed E-state index contributed by atoms with van der Waals surface area (Å²) in [7, 11) is 0. The molecule has 8 nitrogen and oxygen atoms in total. The van der Waals surface area contributed by atoms with Crippen molar-refractivity contribution in [1.29, 1.82) is 0 Å². The summed E-state index contributed by atoms with van der Waals surface area (Å²) in [5.74, 6) is 0.722. The van der Waals surface area contributed by atoms with Gasteiger partial charge in [0.1, 0.15) is 17.3 Å². The summed E-state index contributed by atoms with van der Waals surface area (Å²) in [6, 6.07) is 1.64. The summed E-state index contributed by atoms with van der Waals surface area (Å²) < 4.78 is 6.74. The van der Waals surface area contributed by atoms with Crippen molar-refractivity contribution in [3.05, 3.63) is 44.0 Å². The second kappa shape index (κ2) is 8.07. The van der Waals surface area contributed by atoms with Crippen LogP contribution in [0.2, 0.25) is 0 Å². The van der Waals surface area contributed by atoms with E-state index in [1.165, 1.54) is 9.47 Å². The Morgan fingerprint density at radius 3 is 2.50 bits per heavy atom. The lowest BCUT2D eigenvalue weighted by molar-refractivity contribution is 0.0984. The normalized spacial score (nSPS) is 10.9. The molecule has 0 aliphatic rings. The van der Waals surface area contributed by atoms with Gasteiger partial charge in [-0.1, -0.05) is 20.3 Å². The molecular formula is C18H26N4O4. The van der Waals surface area contributed by atoms with E-state index in [2.05, 4.69) is 4.98 Å². The molecule has 0 fully saturated rings. The second-order valence-electron chi connectivity index (χ2n) is 6.28. The molecule has 142 valence electrons. The van der Waals surface area contributed by atoms with Crippen LogP contribution in [-0.4, -0.2) is 22.0 Å². The molecule has 1 amide bonds. The average Bonchev–Trinajstić information content (AvgIpc) is 2.92. The zero-order valence-corrected chi connectivity index (χ0v) is 15.7. The third kappa shape index (κ3) is 3.74. The number of aromatic amines is 1. The highest BCUT2D eigenvalue weighted by Gasteiger charge is 2.27. The van der Waals surface area contributed by atoms with E-state index in [-0.39, 0.29) is 17.4 Å². The first-order chi connectivity index (χ1) is 12.3. The van der Waals surface area contributed by atoms with Crippen molar-refractivity contribution >= 4 is 17.4 Å². The van der Waals surface area contributed by atoms with Gasteiger partial charge in [-0.15, -0.1) is 0 Å². The van der Waals surface area contributed by atoms with Crippen LogP contribution in [0.25, 0.3) is 0 Å². The Morgan fingerprint density at radius 1 is 1.27 bits per heavy atom. The number of nitrogen functional groups attached to an aromatic ring is 1. The molecule has 0 saturated heterocycles. The van der Waals surface area contributed by atoms with Crippen molar-refractivity contribution in [2.45, 2.75) is 53.5 Å². The maximum absolute atomic E-state index is 13.1. The van der Waals surface area contributed by atoms with Crippen LogP contribution in [-0.2, 0) is 6.54 Å². The first-order valence-electron chi connectivity index (χ1n) is 8.83. The van der Waals surface area contributed by atoms with Gasteiger partial charge in [0.15, 0.2) is 5.69 Å². The molecule has 0 unspecified atom stereocenters. The molecule has 0 aliphatic heterocycles. The fraction of sp³-hybridized carbons (Fsp3) is 0.500. The number of amides is 1. The van der Waals surface area contributed by atoms with E-state index in [9.17, 15) is 14.4 Å². The van der Waals surface area contributed by atoms with E-state index in [0.29, 0.717) is 43.0 Å². The van der Waals surface area contributed by atoms with Crippen LogP contribution in [0, 0.1) is 13.8 Å². The van der Waals surface area contributed by atoms with Crippen LogP contribution in [0.3, 0.4) is 0 Å². The highest BCUT2D eigenvalue weighted by Crippen LogP contribution is 2.23. The van der Waals surface area contributed by atoms with E-state index >= 15 is 0 Å². The Kier molecular flexibility index (Phi) is 6.07. The SMILES string of the molecule is CCCCN(C(=O)c1cc(C)oc1C)c1c(N)n(CCC)c(=O)[nH]c1=O. The van der Waals surface area contributed by atoms with E-state index in [0.717, 1.165) is 6.42 Å². The number of furan rings is 1. The Bertz CT molecular complexity index is 907. The van der Waals surface area contributed by atoms with Gasteiger partial charge >= 0.3 is 5.69 Å². The zero-order valence-electron chi connectivity index (χ0n) is 15.7. The van der Waals surface area contributed by atoms with Crippen LogP contribution in [0.4, 0.5) is 11.5 Å². The van der Waals surface area contributed by atoms with Gasteiger partial charge in [0.2, 0.25) is 0 Å². The van der Waals surface area contributed by atoms with Gasteiger partial charge in [-0.3, -0.25) is 19.1 Å². The van der Waals surface area contributed by atoms with E-state index in [1.54, 1.807) is 19.9 Å². The van der Waals surface area contributed by atoms with E-state index in [1.807, 2.05) is 13.8 Å². The number of hydrogen-bond acceptors (Lipinski definition) is 5. The largest absolute Gasteiger partial charge is 0.466 e. The van der Waals surface area contributed by atoms with Gasteiger partial charge in [0, 0.05) is 13.1 Å². The van der Waals surface area contributed by atoms with Crippen molar-refractivity contribution < 1.29 is 9.21 Å². The molecule has 8 heteroatoms. The third-order valence-corrected chi connectivity index (χ3v) is 4.18. The van der Waals surface area contributed by atoms with Crippen LogP contribution in [0.5, 0.6) is 0 Å². The average molecular weight is 362 g/mol. The van der Waals surface area contributed by atoms with Crippen molar-refractivity contribution in [2.75, 3.05) is 17.2 Å².